The van der Waals surface area contributed by atoms with Gasteiger partial charge in [0.15, 0.2) is 0 Å². The molecule has 0 saturated heterocycles. The molecule has 3 heteroatoms. The van der Waals surface area contributed by atoms with E-state index in [-0.39, 0.29) is 5.41 Å². The van der Waals surface area contributed by atoms with Crippen molar-refractivity contribution in [2.75, 3.05) is 6.61 Å². The third-order valence-corrected chi connectivity index (χ3v) is 3.30. The molecule has 2 N–H and O–H groups in total. The maximum atomic E-state index is 5.13. The highest BCUT2D eigenvalue weighted by molar-refractivity contribution is 9.10. The van der Waals surface area contributed by atoms with Crippen molar-refractivity contribution in [3.63, 3.8) is 0 Å². The Hall–Kier alpha value is -0.380. The van der Waals surface area contributed by atoms with Gasteiger partial charge >= 0.3 is 0 Å². The molecule has 0 aliphatic carbocycles. The Morgan fingerprint density at radius 3 is 2.64 bits per heavy atom. The third-order valence-electron chi connectivity index (χ3n) is 2.44. The second-order valence-electron chi connectivity index (χ2n) is 4.11. The minimum atomic E-state index is -0.0530. The van der Waals surface area contributed by atoms with E-state index in [1.165, 1.54) is 11.1 Å². The fraction of sp³-hybridized carbons (Fsp3) is 0.455. The molecule has 2 nitrogen and oxygen atoms in total. The summed E-state index contributed by atoms with van der Waals surface area (Å²) in [6, 6.07) is 6.18. The zero-order valence-corrected chi connectivity index (χ0v) is 10.4. The van der Waals surface area contributed by atoms with Crippen molar-refractivity contribution in [2.24, 2.45) is 5.90 Å². The minimum absolute atomic E-state index is 0.0530. The van der Waals surface area contributed by atoms with E-state index < -0.39 is 0 Å². The van der Waals surface area contributed by atoms with Crippen LogP contribution in [0.3, 0.4) is 0 Å². The first kappa shape index (κ1) is 11.7. The Morgan fingerprint density at radius 1 is 1.43 bits per heavy atom. The van der Waals surface area contributed by atoms with Crippen molar-refractivity contribution in [2.45, 2.75) is 26.2 Å². The molecule has 1 aromatic rings. The largest absolute Gasteiger partial charge is 0.304 e. The molecule has 0 aliphatic rings. The van der Waals surface area contributed by atoms with E-state index in [1.54, 1.807) is 0 Å². The van der Waals surface area contributed by atoms with Gasteiger partial charge in [-0.1, -0.05) is 41.9 Å². The van der Waals surface area contributed by atoms with Crippen LogP contribution in [-0.4, -0.2) is 6.61 Å². The predicted molar refractivity (Wildman–Crippen MR) is 62.0 cm³/mol. The van der Waals surface area contributed by atoms with Gasteiger partial charge in [-0.2, -0.15) is 0 Å². The molecule has 0 heterocycles. The highest BCUT2D eigenvalue weighted by Crippen LogP contribution is 2.30. The van der Waals surface area contributed by atoms with Crippen LogP contribution in [0.5, 0.6) is 0 Å². The van der Waals surface area contributed by atoms with Crippen LogP contribution in [-0.2, 0) is 10.3 Å². The lowest BCUT2D eigenvalue weighted by molar-refractivity contribution is 0.0962. The van der Waals surface area contributed by atoms with E-state index in [1.807, 2.05) is 12.1 Å². The summed E-state index contributed by atoms with van der Waals surface area (Å²) in [5.41, 5.74) is 2.45. The number of benzene rings is 1. The summed E-state index contributed by atoms with van der Waals surface area (Å²) in [6.45, 7) is 6.85. The Balaban J connectivity index is 3.12. The number of halogens is 1. The van der Waals surface area contributed by atoms with Gasteiger partial charge in [0.05, 0.1) is 6.61 Å². The van der Waals surface area contributed by atoms with Crippen LogP contribution >= 0.6 is 15.9 Å². The van der Waals surface area contributed by atoms with Crippen molar-refractivity contribution in [1.29, 1.82) is 0 Å². The van der Waals surface area contributed by atoms with Crippen molar-refractivity contribution in [3.05, 3.63) is 33.8 Å². The van der Waals surface area contributed by atoms with Crippen molar-refractivity contribution >= 4 is 15.9 Å². The van der Waals surface area contributed by atoms with Crippen LogP contribution in [0.15, 0.2) is 22.7 Å². The number of hydrogen-bond acceptors (Lipinski definition) is 2. The molecule has 0 atom stereocenters. The zero-order chi connectivity index (χ0) is 10.8. The molecule has 0 bridgehead atoms. The normalized spacial score (nSPS) is 11.8. The van der Waals surface area contributed by atoms with Gasteiger partial charge in [-0.05, 0) is 24.1 Å². The van der Waals surface area contributed by atoms with Gasteiger partial charge < -0.3 is 4.84 Å². The topological polar surface area (TPSA) is 35.2 Å². The molecule has 14 heavy (non-hydrogen) atoms. The van der Waals surface area contributed by atoms with E-state index in [9.17, 15) is 0 Å². The van der Waals surface area contributed by atoms with Crippen molar-refractivity contribution in [3.8, 4) is 0 Å². The number of nitrogens with two attached hydrogens (primary N) is 1. The molecule has 0 amide bonds. The highest BCUT2D eigenvalue weighted by atomic mass is 79.9. The standard InChI is InChI=1S/C11H16BrNO/c1-8-9(5-4-6-10(8)12)11(2,3)7-14-13/h4-6H,7,13H2,1-3H3. The molecule has 1 aromatic carbocycles. The molecule has 0 saturated carbocycles. The summed E-state index contributed by atoms with van der Waals surface area (Å²) in [5.74, 6) is 5.13. The lowest BCUT2D eigenvalue weighted by Crippen LogP contribution is -2.27. The lowest BCUT2D eigenvalue weighted by Gasteiger charge is -2.26. The van der Waals surface area contributed by atoms with Gasteiger partial charge in [-0.25, -0.2) is 5.90 Å². The Morgan fingerprint density at radius 2 is 2.07 bits per heavy atom. The third kappa shape index (κ3) is 2.35. The van der Waals surface area contributed by atoms with Gasteiger partial charge in [0.25, 0.3) is 0 Å². The Bertz CT molecular complexity index is 323. The molecule has 0 spiro atoms. The van der Waals surface area contributed by atoms with Crippen LogP contribution in [0, 0.1) is 6.92 Å². The molecule has 0 fully saturated rings. The summed E-state index contributed by atoms with van der Waals surface area (Å²) in [6.07, 6.45) is 0. The molecule has 1 rings (SSSR count). The number of hydrogen-bond donors (Lipinski definition) is 1. The first-order valence-corrected chi connectivity index (χ1v) is 5.35. The molecule has 0 aromatic heterocycles. The molecule has 0 radical (unpaired) electrons. The van der Waals surface area contributed by atoms with E-state index in [2.05, 4.69) is 42.8 Å². The number of rotatable bonds is 3. The van der Waals surface area contributed by atoms with Gasteiger partial charge in [-0.3, -0.25) is 0 Å². The first-order valence-electron chi connectivity index (χ1n) is 4.56. The summed E-state index contributed by atoms with van der Waals surface area (Å²) < 4.78 is 1.13. The Kier molecular flexibility index (Phi) is 3.70. The van der Waals surface area contributed by atoms with Gasteiger partial charge in [0, 0.05) is 9.89 Å². The molecule has 78 valence electrons. The zero-order valence-electron chi connectivity index (χ0n) is 8.80. The van der Waals surface area contributed by atoms with Crippen LogP contribution in [0.4, 0.5) is 0 Å². The maximum absolute atomic E-state index is 5.13. The van der Waals surface area contributed by atoms with E-state index in [0.29, 0.717) is 6.61 Å². The average Bonchev–Trinajstić information content (AvgIpc) is 2.09. The smallest absolute Gasteiger partial charge is 0.0770 e. The van der Waals surface area contributed by atoms with E-state index >= 15 is 0 Å². The van der Waals surface area contributed by atoms with Crippen LogP contribution < -0.4 is 5.90 Å². The van der Waals surface area contributed by atoms with Gasteiger partial charge in [-0.15, -0.1) is 0 Å². The molecule has 0 unspecified atom stereocenters. The maximum Gasteiger partial charge on any atom is 0.0770 e. The van der Waals surface area contributed by atoms with Crippen molar-refractivity contribution in [1.82, 2.24) is 0 Å². The highest BCUT2D eigenvalue weighted by Gasteiger charge is 2.23. The van der Waals surface area contributed by atoms with E-state index in [0.717, 1.165) is 4.47 Å². The van der Waals surface area contributed by atoms with Crippen LogP contribution in [0.2, 0.25) is 0 Å². The fourth-order valence-electron chi connectivity index (χ4n) is 1.63. The quantitative estimate of drug-likeness (QED) is 0.846. The van der Waals surface area contributed by atoms with E-state index in [4.69, 9.17) is 10.7 Å². The summed E-state index contributed by atoms with van der Waals surface area (Å²) in [7, 11) is 0. The average molecular weight is 258 g/mol. The minimum Gasteiger partial charge on any atom is -0.304 e. The van der Waals surface area contributed by atoms with Crippen LogP contribution in [0.25, 0.3) is 0 Å². The second kappa shape index (κ2) is 4.43. The Labute approximate surface area is 93.5 Å². The summed E-state index contributed by atoms with van der Waals surface area (Å²) in [5, 5.41) is 0. The lowest BCUT2D eigenvalue weighted by atomic mass is 9.83. The second-order valence-corrected chi connectivity index (χ2v) is 4.96. The molecular formula is C11H16BrNO. The first-order chi connectivity index (χ1) is 6.49. The van der Waals surface area contributed by atoms with Crippen molar-refractivity contribution < 1.29 is 4.84 Å². The fourth-order valence-corrected chi connectivity index (χ4v) is 1.99. The predicted octanol–water partition coefficient (Wildman–Crippen LogP) is 2.93. The SMILES string of the molecule is Cc1c(Br)cccc1C(C)(C)CON. The van der Waals surface area contributed by atoms with Crippen LogP contribution in [0.1, 0.15) is 25.0 Å². The monoisotopic (exact) mass is 257 g/mol. The molecule has 0 aliphatic heterocycles. The summed E-state index contributed by atoms with van der Waals surface area (Å²) in [4.78, 5) is 4.74. The van der Waals surface area contributed by atoms with Gasteiger partial charge in [0.2, 0.25) is 0 Å². The molecular weight excluding hydrogens is 242 g/mol. The van der Waals surface area contributed by atoms with Gasteiger partial charge in [0.1, 0.15) is 0 Å². The summed E-state index contributed by atoms with van der Waals surface area (Å²) >= 11 is 3.52.